The zero-order valence-corrected chi connectivity index (χ0v) is 13.1. The van der Waals surface area contributed by atoms with Crippen LogP contribution in [0.4, 0.5) is 0 Å². The second-order valence-corrected chi connectivity index (χ2v) is 5.75. The van der Waals surface area contributed by atoms with Gasteiger partial charge in [0.2, 0.25) is 5.82 Å². The van der Waals surface area contributed by atoms with E-state index < -0.39 is 5.97 Å². The third-order valence-corrected chi connectivity index (χ3v) is 4.27. The molecule has 2 aromatic heterocycles. The SMILES string of the molecule is CCOC(=O)c1nnc(C)n1C(C)c1sc(C)nc1C. The van der Waals surface area contributed by atoms with Crippen LogP contribution in [0.25, 0.3) is 0 Å². The van der Waals surface area contributed by atoms with Gasteiger partial charge in [-0.2, -0.15) is 0 Å². The van der Waals surface area contributed by atoms with Crippen LogP contribution in [0.2, 0.25) is 0 Å². The fourth-order valence-electron chi connectivity index (χ4n) is 2.22. The number of ether oxygens (including phenoxy) is 1. The van der Waals surface area contributed by atoms with Crippen molar-refractivity contribution in [2.75, 3.05) is 6.61 Å². The molecule has 1 atom stereocenters. The average Bonchev–Trinajstić information content (AvgIpc) is 2.92. The van der Waals surface area contributed by atoms with Crippen molar-refractivity contribution < 1.29 is 9.53 Å². The largest absolute Gasteiger partial charge is 0.460 e. The molecule has 0 aliphatic rings. The lowest BCUT2D eigenvalue weighted by atomic mass is 10.2. The van der Waals surface area contributed by atoms with Crippen LogP contribution in [0, 0.1) is 20.8 Å². The molecule has 0 bridgehead atoms. The van der Waals surface area contributed by atoms with Gasteiger partial charge in [0.15, 0.2) is 0 Å². The molecule has 0 spiro atoms. The van der Waals surface area contributed by atoms with Gasteiger partial charge in [0.1, 0.15) is 5.82 Å². The highest BCUT2D eigenvalue weighted by Crippen LogP contribution is 2.29. The fourth-order valence-corrected chi connectivity index (χ4v) is 3.19. The molecule has 0 saturated carbocycles. The van der Waals surface area contributed by atoms with E-state index in [-0.39, 0.29) is 11.9 Å². The number of thiazole rings is 1. The molecule has 0 saturated heterocycles. The van der Waals surface area contributed by atoms with E-state index in [1.54, 1.807) is 22.8 Å². The Morgan fingerprint density at radius 1 is 1.35 bits per heavy atom. The number of rotatable bonds is 4. The lowest BCUT2D eigenvalue weighted by Gasteiger charge is -2.15. The van der Waals surface area contributed by atoms with Crippen molar-refractivity contribution >= 4 is 17.3 Å². The molecule has 1 unspecified atom stereocenters. The number of carbonyl (C=O) groups excluding carboxylic acids is 1. The first-order valence-electron chi connectivity index (χ1n) is 6.48. The molecule has 0 aromatic carbocycles. The van der Waals surface area contributed by atoms with Gasteiger partial charge in [0.05, 0.1) is 28.2 Å². The van der Waals surface area contributed by atoms with Crippen LogP contribution in [0.1, 0.15) is 51.9 Å². The van der Waals surface area contributed by atoms with E-state index in [9.17, 15) is 4.79 Å². The summed E-state index contributed by atoms with van der Waals surface area (Å²) in [6.45, 7) is 9.87. The molecule has 2 heterocycles. The highest BCUT2D eigenvalue weighted by atomic mass is 32.1. The molecule has 0 aliphatic carbocycles. The first kappa shape index (κ1) is 14.6. The quantitative estimate of drug-likeness (QED) is 0.810. The van der Waals surface area contributed by atoms with Gasteiger partial charge in [-0.25, -0.2) is 9.78 Å². The monoisotopic (exact) mass is 294 g/mol. The summed E-state index contributed by atoms with van der Waals surface area (Å²) in [6, 6.07) is -0.0457. The Morgan fingerprint density at radius 3 is 2.60 bits per heavy atom. The summed E-state index contributed by atoms with van der Waals surface area (Å²) >= 11 is 1.62. The van der Waals surface area contributed by atoms with E-state index in [1.165, 1.54) is 0 Å². The third kappa shape index (κ3) is 2.58. The second-order valence-electron chi connectivity index (χ2n) is 4.52. The van der Waals surface area contributed by atoms with Gasteiger partial charge < -0.3 is 4.74 Å². The van der Waals surface area contributed by atoms with Gasteiger partial charge in [0.25, 0.3) is 0 Å². The number of carbonyl (C=O) groups is 1. The molecule has 0 radical (unpaired) electrons. The van der Waals surface area contributed by atoms with Gasteiger partial charge >= 0.3 is 5.97 Å². The Kier molecular flexibility index (Phi) is 4.17. The van der Waals surface area contributed by atoms with Crippen molar-refractivity contribution in [3.63, 3.8) is 0 Å². The van der Waals surface area contributed by atoms with Crippen molar-refractivity contribution in [2.24, 2.45) is 0 Å². The Balaban J connectivity index is 2.44. The lowest BCUT2D eigenvalue weighted by molar-refractivity contribution is 0.0504. The van der Waals surface area contributed by atoms with Gasteiger partial charge in [0, 0.05) is 0 Å². The molecule has 7 heteroatoms. The maximum atomic E-state index is 11.9. The van der Waals surface area contributed by atoms with E-state index in [2.05, 4.69) is 15.2 Å². The number of hydrogen-bond donors (Lipinski definition) is 0. The minimum atomic E-state index is -0.446. The highest BCUT2D eigenvalue weighted by Gasteiger charge is 2.24. The molecule has 2 aromatic rings. The number of esters is 1. The van der Waals surface area contributed by atoms with Crippen molar-refractivity contribution in [1.82, 2.24) is 19.7 Å². The van der Waals surface area contributed by atoms with Crippen LogP contribution in [0.15, 0.2) is 0 Å². The number of hydrogen-bond acceptors (Lipinski definition) is 6. The van der Waals surface area contributed by atoms with Crippen molar-refractivity contribution in [3.05, 3.63) is 27.2 Å². The van der Waals surface area contributed by atoms with Crippen molar-refractivity contribution in [1.29, 1.82) is 0 Å². The first-order chi connectivity index (χ1) is 9.45. The van der Waals surface area contributed by atoms with Crippen LogP contribution >= 0.6 is 11.3 Å². The van der Waals surface area contributed by atoms with E-state index >= 15 is 0 Å². The molecule has 108 valence electrons. The number of aromatic nitrogens is 4. The fraction of sp³-hybridized carbons (Fsp3) is 0.538. The Morgan fingerprint density at radius 2 is 2.05 bits per heavy atom. The molecule has 0 amide bonds. The second kappa shape index (κ2) is 5.70. The summed E-state index contributed by atoms with van der Waals surface area (Å²) in [5.74, 6) is 0.479. The smallest absolute Gasteiger partial charge is 0.376 e. The molecule has 0 fully saturated rings. The summed E-state index contributed by atoms with van der Waals surface area (Å²) < 4.78 is 6.83. The van der Waals surface area contributed by atoms with Crippen LogP contribution in [-0.2, 0) is 4.74 Å². The maximum absolute atomic E-state index is 11.9. The molecule has 20 heavy (non-hydrogen) atoms. The van der Waals surface area contributed by atoms with E-state index in [0.717, 1.165) is 15.6 Å². The van der Waals surface area contributed by atoms with E-state index in [0.29, 0.717) is 12.4 Å². The standard InChI is InChI=1S/C13H18N4O2S/c1-6-19-13(18)12-16-15-9(4)17(12)8(3)11-7(2)14-10(5)20-11/h8H,6H2,1-5H3. The lowest BCUT2D eigenvalue weighted by Crippen LogP contribution is -2.18. The molecular formula is C13H18N4O2S. The summed E-state index contributed by atoms with van der Waals surface area (Å²) in [5.41, 5.74) is 0.975. The Hall–Kier alpha value is -1.76. The highest BCUT2D eigenvalue weighted by molar-refractivity contribution is 7.11. The maximum Gasteiger partial charge on any atom is 0.376 e. The van der Waals surface area contributed by atoms with Crippen LogP contribution in [0.5, 0.6) is 0 Å². The summed E-state index contributed by atoms with van der Waals surface area (Å²) in [7, 11) is 0. The molecule has 0 aliphatic heterocycles. The number of aryl methyl sites for hydroxylation is 3. The summed E-state index contributed by atoms with van der Waals surface area (Å²) in [4.78, 5) is 17.5. The number of nitrogens with zero attached hydrogens (tertiary/aromatic N) is 4. The molecular weight excluding hydrogens is 276 g/mol. The van der Waals surface area contributed by atoms with Gasteiger partial charge in [-0.1, -0.05) is 0 Å². The molecule has 0 N–H and O–H groups in total. The van der Waals surface area contributed by atoms with Gasteiger partial charge in [-0.05, 0) is 34.6 Å². The van der Waals surface area contributed by atoms with Crippen LogP contribution in [-0.4, -0.2) is 32.3 Å². The van der Waals surface area contributed by atoms with Crippen molar-refractivity contribution in [2.45, 2.75) is 40.7 Å². The van der Waals surface area contributed by atoms with E-state index in [4.69, 9.17) is 4.74 Å². The zero-order valence-electron chi connectivity index (χ0n) is 12.3. The van der Waals surface area contributed by atoms with Crippen molar-refractivity contribution in [3.8, 4) is 0 Å². The van der Waals surface area contributed by atoms with Gasteiger partial charge in [-0.15, -0.1) is 21.5 Å². The minimum Gasteiger partial charge on any atom is -0.460 e. The molecule has 6 nitrogen and oxygen atoms in total. The predicted molar refractivity (Wildman–Crippen MR) is 76.1 cm³/mol. The minimum absolute atomic E-state index is 0.0457. The van der Waals surface area contributed by atoms with Crippen LogP contribution < -0.4 is 0 Å². The molecule has 2 rings (SSSR count). The van der Waals surface area contributed by atoms with E-state index in [1.807, 2.05) is 27.7 Å². The Bertz CT molecular complexity index is 632. The Labute approximate surface area is 121 Å². The zero-order chi connectivity index (χ0) is 14.9. The average molecular weight is 294 g/mol. The van der Waals surface area contributed by atoms with Crippen LogP contribution in [0.3, 0.4) is 0 Å². The third-order valence-electron chi connectivity index (χ3n) is 3.03. The predicted octanol–water partition coefficient (Wildman–Crippen LogP) is 2.45. The van der Waals surface area contributed by atoms with Gasteiger partial charge in [-0.3, -0.25) is 4.57 Å². The normalized spacial score (nSPS) is 12.4. The summed E-state index contributed by atoms with van der Waals surface area (Å²) in [5, 5.41) is 8.95. The summed E-state index contributed by atoms with van der Waals surface area (Å²) in [6.07, 6.45) is 0. The topological polar surface area (TPSA) is 69.9 Å². The first-order valence-corrected chi connectivity index (χ1v) is 7.29.